The lowest BCUT2D eigenvalue weighted by Gasteiger charge is -2.26. The van der Waals surface area contributed by atoms with E-state index in [2.05, 4.69) is 5.32 Å². The Kier molecular flexibility index (Phi) is 9.56. The average molecular weight is 498 g/mol. The van der Waals surface area contributed by atoms with Crippen molar-refractivity contribution in [3.63, 3.8) is 0 Å². The fraction of sp³-hybridized carbons (Fsp3) is 0.462. The topological polar surface area (TPSA) is 55.4 Å². The van der Waals surface area contributed by atoms with Crippen LogP contribution in [0.5, 0.6) is 0 Å². The van der Waals surface area contributed by atoms with Gasteiger partial charge in [-0.15, -0.1) is 0 Å². The van der Waals surface area contributed by atoms with Crippen molar-refractivity contribution in [2.75, 3.05) is 12.4 Å². The van der Waals surface area contributed by atoms with Crippen LogP contribution in [0.3, 0.4) is 0 Å². The molecule has 1 N–H and O–H groups in total. The van der Waals surface area contributed by atoms with Crippen LogP contribution >= 0.6 is 11.6 Å². The van der Waals surface area contributed by atoms with Gasteiger partial charge in [-0.3, -0.25) is 9.59 Å². The summed E-state index contributed by atoms with van der Waals surface area (Å²) in [7, 11) is 1.31. The summed E-state index contributed by atoms with van der Waals surface area (Å²) in [6.45, 7) is 6.83. The Morgan fingerprint density at radius 1 is 1.03 bits per heavy atom. The standard InChI is InChI=1S/C26H31ClF3NO3/c1-6-17-7-9-18(10-8-17)24(16(4)26(28,29)30)25(33)31-22-13-19(11-12-21(22)27)20(15(2)3)14-23(32)34-5/h7-13,15-16,20,24H,6,14H2,1-5H3,(H,31,33)/t16-,20?,24+/m1/s1. The van der Waals surface area contributed by atoms with Gasteiger partial charge in [-0.2, -0.15) is 13.2 Å². The van der Waals surface area contributed by atoms with Gasteiger partial charge in [0.05, 0.1) is 36.1 Å². The third-order valence-corrected chi connectivity index (χ3v) is 6.47. The maximum absolute atomic E-state index is 13.7. The van der Waals surface area contributed by atoms with Crippen molar-refractivity contribution >= 4 is 29.2 Å². The molecule has 0 radical (unpaired) electrons. The SMILES string of the molecule is CCc1ccc([C@@H](C(=O)Nc2cc(C(CC(=O)OC)C(C)C)ccc2Cl)[C@@H](C)C(F)(F)F)cc1. The van der Waals surface area contributed by atoms with Crippen LogP contribution in [0.4, 0.5) is 18.9 Å². The number of rotatable bonds is 9. The molecule has 0 aliphatic heterocycles. The number of carbonyl (C=O) groups excluding carboxylic acids is 2. The van der Waals surface area contributed by atoms with Crippen LogP contribution in [-0.4, -0.2) is 25.2 Å². The minimum Gasteiger partial charge on any atom is -0.469 e. The second-order valence-electron chi connectivity index (χ2n) is 8.76. The highest BCUT2D eigenvalue weighted by molar-refractivity contribution is 6.33. The Labute approximate surface area is 203 Å². The number of anilines is 1. The van der Waals surface area contributed by atoms with Gasteiger partial charge >= 0.3 is 12.1 Å². The van der Waals surface area contributed by atoms with E-state index in [0.717, 1.165) is 24.5 Å². The number of alkyl halides is 3. The van der Waals surface area contributed by atoms with Crippen LogP contribution in [0.25, 0.3) is 0 Å². The van der Waals surface area contributed by atoms with Crippen LogP contribution in [-0.2, 0) is 20.7 Å². The first-order valence-electron chi connectivity index (χ1n) is 11.2. The molecule has 2 rings (SSSR count). The van der Waals surface area contributed by atoms with Gasteiger partial charge in [0.25, 0.3) is 0 Å². The maximum Gasteiger partial charge on any atom is 0.392 e. The summed E-state index contributed by atoms with van der Waals surface area (Å²) in [5.41, 5.74) is 2.17. The number of nitrogens with one attached hydrogen (secondary N) is 1. The van der Waals surface area contributed by atoms with Gasteiger partial charge in [-0.05, 0) is 47.1 Å². The lowest BCUT2D eigenvalue weighted by atomic mass is 9.84. The molecule has 186 valence electrons. The molecule has 8 heteroatoms. The Balaban J connectivity index is 2.42. The summed E-state index contributed by atoms with van der Waals surface area (Å²) in [4.78, 5) is 25.1. The molecule has 3 atom stereocenters. The molecule has 34 heavy (non-hydrogen) atoms. The van der Waals surface area contributed by atoms with E-state index in [-0.39, 0.29) is 40.5 Å². The maximum atomic E-state index is 13.7. The van der Waals surface area contributed by atoms with E-state index >= 15 is 0 Å². The van der Waals surface area contributed by atoms with Crippen molar-refractivity contribution in [2.45, 2.75) is 58.5 Å². The van der Waals surface area contributed by atoms with Crippen molar-refractivity contribution in [1.82, 2.24) is 0 Å². The number of benzene rings is 2. The van der Waals surface area contributed by atoms with Gasteiger partial charge in [-0.1, -0.05) is 69.6 Å². The molecule has 0 aliphatic rings. The highest BCUT2D eigenvalue weighted by Gasteiger charge is 2.45. The van der Waals surface area contributed by atoms with Gasteiger partial charge in [0, 0.05) is 0 Å². The summed E-state index contributed by atoms with van der Waals surface area (Å²) in [6.07, 6.45) is -3.71. The monoisotopic (exact) mass is 497 g/mol. The highest BCUT2D eigenvalue weighted by Crippen LogP contribution is 2.39. The lowest BCUT2D eigenvalue weighted by molar-refractivity contribution is -0.178. The zero-order valence-electron chi connectivity index (χ0n) is 20.0. The molecule has 2 aromatic rings. The average Bonchev–Trinajstić information content (AvgIpc) is 2.78. The molecule has 0 bridgehead atoms. The Hall–Kier alpha value is -2.54. The first-order chi connectivity index (χ1) is 15.9. The van der Waals surface area contributed by atoms with E-state index in [0.29, 0.717) is 0 Å². The second-order valence-corrected chi connectivity index (χ2v) is 9.17. The quantitative estimate of drug-likeness (QED) is 0.375. The minimum absolute atomic E-state index is 0.0684. The van der Waals surface area contributed by atoms with Crippen LogP contribution in [0, 0.1) is 11.8 Å². The summed E-state index contributed by atoms with van der Waals surface area (Å²) >= 11 is 6.29. The largest absolute Gasteiger partial charge is 0.469 e. The number of esters is 1. The molecule has 2 aromatic carbocycles. The molecule has 0 aromatic heterocycles. The van der Waals surface area contributed by atoms with Crippen molar-refractivity contribution in [3.05, 3.63) is 64.2 Å². The van der Waals surface area contributed by atoms with E-state index in [1.807, 2.05) is 20.8 Å². The van der Waals surface area contributed by atoms with Crippen LogP contribution < -0.4 is 5.32 Å². The first-order valence-corrected chi connectivity index (χ1v) is 11.6. The fourth-order valence-electron chi connectivity index (χ4n) is 3.90. The summed E-state index contributed by atoms with van der Waals surface area (Å²) in [5, 5.41) is 2.80. The fourth-order valence-corrected chi connectivity index (χ4v) is 4.06. The third kappa shape index (κ3) is 6.98. The molecule has 0 saturated carbocycles. The third-order valence-electron chi connectivity index (χ3n) is 6.14. The number of methoxy groups -OCH3 is 1. The van der Waals surface area contributed by atoms with E-state index in [1.54, 1.807) is 42.5 Å². The number of carbonyl (C=O) groups is 2. The predicted molar refractivity (Wildman–Crippen MR) is 128 cm³/mol. The summed E-state index contributed by atoms with van der Waals surface area (Å²) < 4.78 is 45.8. The Morgan fingerprint density at radius 3 is 2.12 bits per heavy atom. The lowest BCUT2D eigenvalue weighted by Crippen LogP contribution is -2.34. The van der Waals surface area contributed by atoms with Crippen molar-refractivity contribution in [1.29, 1.82) is 0 Å². The molecule has 1 amide bonds. The highest BCUT2D eigenvalue weighted by atomic mass is 35.5. The minimum atomic E-state index is -4.57. The predicted octanol–water partition coefficient (Wildman–Crippen LogP) is 7.13. The van der Waals surface area contributed by atoms with Crippen LogP contribution in [0.2, 0.25) is 5.02 Å². The van der Waals surface area contributed by atoms with E-state index in [4.69, 9.17) is 16.3 Å². The van der Waals surface area contributed by atoms with Gasteiger partial charge in [0.15, 0.2) is 0 Å². The smallest absolute Gasteiger partial charge is 0.392 e. The molecule has 0 saturated heterocycles. The van der Waals surface area contributed by atoms with Crippen molar-refractivity contribution in [2.24, 2.45) is 11.8 Å². The number of hydrogen-bond donors (Lipinski definition) is 1. The summed E-state index contributed by atoms with van der Waals surface area (Å²) in [6, 6.07) is 11.5. The number of halogens is 4. The van der Waals surface area contributed by atoms with Crippen LogP contribution in [0.15, 0.2) is 42.5 Å². The molecular formula is C26H31ClF3NO3. The second kappa shape index (κ2) is 11.7. The molecular weight excluding hydrogens is 467 g/mol. The Bertz CT molecular complexity index is 990. The zero-order chi connectivity index (χ0) is 25.6. The molecule has 0 heterocycles. The van der Waals surface area contributed by atoms with Gasteiger partial charge in [0.1, 0.15) is 0 Å². The van der Waals surface area contributed by atoms with Gasteiger partial charge in [-0.25, -0.2) is 0 Å². The number of ether oxygens (including phenoxy) is 1. The number of hydrogen-bond acceptors (Lipinski definition) is 3. The number of aryl methyl sites for hydroxylation is 1. The van der Waals surface area contributed by atoms with Gasteiger partial charge < -0.3 is 10.1 Å². The van der Waals surface area contributed by atoms with E-state index in [1.165, 1.54) is 7.11 Å². The zero-order valence-corrected chi connectivity index (χ0v) is 20.8. The molecule has 4 nitrogen and oxygen atoms in total. The number of amides is 1. The van der Waals surface area contributed by atoms with Crippen molar-refractivity contribution < 1.29 is 27.5 Å². The summed E-state index contributed by atoms with van der Waals surface area (Å²) in [5.74, 6) is -4.70. The molecule has 0 spiro atoms. The molecule has 0 aliphatic carbocycles. The van der Waals surface area contributed by atoms with Gasteiger partial charge in [0.2, 0.25) is 5.91 Å². The van der Waals surface area contributed by atoms with E-state index < -0.39 is 23.9 Å². The van der Waals surface area contributed by atoms with E-state index in [9.17, 15) is 22.8 Å². The molecule has 1 unspecified atom stereocenters. The molecule has 0 fully saturated rings. The van der Waals surface area contributed by atoms with Crippen LogP contribution in [0.1, 0.15) is 62.6 Å². The first kappa shape index (κ1) is 27.7. The Morgan fingerprint density at radius 2 is 1.62 bits per heavy atom. The normalized spacial score (nSPS) is 14.4. The van der Waals surface area contributed by atoms with Crippen molar-refractivity contribution in [3.8, 4) is 0 Å².